The highest BCUT2D eigenvalue weighted by molar-refractivity contribution is 5.80. The van der Waals surface area contributed by atoms with Crippen molar-refractivity contribution in [1.29, 1.82) is 0 Å². The largest absolute Gasteiger partial charge is 0.394 e. The zero-order chi connectivity index (χ0) is 14.0. The third-order valence-corrected chi connectivity index (χ3v) is 2.79. The molecular weight excluding hydrogens is 252 g/mol. The molecule has 0 aliphatic heterocycles. The number of imidazole rings is 1. The van der Waals surface area contributed by atoms with Crippen LogP contribution in [0.3, 0.4) is 0 Å². The normalized spacial score (nSPS) is 11.7. The van der Waals surface area contributed by atoms with Gasteiger partial charge in [-0.1, -0.05) is 0 Å². The average molecular weight is 266 g/mol. The van der Waals surface area contributed by atoms with Crippen LogP contribution in [0.4, 0.5) is 11.6 Å². The molecule has 102 valence electrons. The zero-order valence-electron chi connectivity index (χ0n) is 10.3. The molecule has 1 aromatic carbocycles. The summed E-state index contributed by atoms with van der Waals surface area (Å²) >= 11 is 0. The van der Waals surface area contributed by atoms with Crippen molar-refractivity contribution in [3.8, 4) is 0 Å². The van der Waals surface area contributed by atoms with Crippen LogP contribution in [0.25, 0.3) is 11.0 Å². The smallest absolute Gasteiger partial charge is 0.271 e. The lowest BCUT2D eigenvalue weighted by molar-refractivity contribution is -0.384. The summed E-state index contributed by atoms with van der Waals surface area (Å²) in [6.07, 6.45) is 0. The van der Waals surface area contributed by atoms with Gasteiger partial charge in [0.25, 0.3) is 5.69 Å². The van der Waals surface area contributed by atoms with Crippen molar-refractivity contribution < 1.29 is 15.1 Å². The van der Waals surface area contributed by atoms with Gasteiger partial charge in [0, 0.05) is 12.1 Å². The van der Waals surface area contributed by atoms with Gasteiger partial charge in [-0.2, -0.15) is 0 Å². The molecule has 0 radical (unpaired) electrons. The molecule has 0 amide bonds. The number of hydrogen-bond acceptors (Lipinski definition) is 6. The van der Waals surface area contributed by atoms with Gasteiger partial charge in [0.1, 0.15) is 0 Å². The van der Waals surface area contributed by atoms with Crippen LogP contribution in [-0.2, 0) is 0 Å². The van der Waals surface area contributed by atoms with Gasteiger partial charge in [0.05, 0.1) is 34.7 Å². The Labute approximate surface area is 108 Å². The van der Waals surface area contributed by atoms with E-state index in [0.29, 0.717) is 17.0 Å². The average Bonchev–Trinajstić information content (AvgIpc) is 2.79. The molecule has 2 rings (SSSR count). The van der Waals surface area contributed by atoms with Crippen LogP contribution in [0.2, 0.25) is 0 Å². The van der Waals surface area contributed by atoms with E-state index in [0.717, 1.165) is 0 Å². The number of fused-ring (bicyclic) bond motifs is 1. The number of aliphatic hydroxyl groups is 2. The Hall–Kier alpha value is -2.19. The molecule has 0 bridgehead atoms. The van der Waals surface area contributed by atoms with Crippen molar-refractivity contribution in [3.63, 3.8) is 0 Å². The lowest BCUT2D eigenvalue weighted by atomic mass is 10.1. The second-order valence-corrected chi connectivity index (χ2v) is 4.55. The number of anilines is 1. The van der Waals surface area contributed by atoms with Gasteiger partial charge in [-0.15, -0.1) is 0 Å². The summed E-state index contributed by atoms with van der Waals surface area (Å²) in [4.78, 5) is 17.2. The summed E-state index contributed by atoms with van der Waals surface area (Å²) in [7, 11) is 0. The van der Waals surface area contributed by atoms with Gasteiger partial charge in [0.2, 0.25) is 5.95 Å². The summed E-state index contributed by atoms with van der Waals surface area (Å²) in [5.74, 6) is 0.334. The number of aliphatic hydroxyl groups excluding tert-OH is 2. The maximum Gasteiger partial charge on any atom is 0.271 e. The molecule has 0 aliphatic rings. The van der Waals surface area contributed by atoms with Crippen LogP contribution in [0.5, 0.6) is 0 Å². The number of nitrogens with one attached hydrogen (secondary N) is 2. The predicted molar refractivity (Wildman–Crippen MR) is 68.9 cm³/mol. The minimum Gasteiger partial charge on any atom is -0.394 e. The Bertz CT molecular complexity index is 606. The van der Waals surface area contributed by atoms with Crippen LogP contribution >= 0.6 is 0 Å². The minimum absolute atomic E-state index is 0.0326. The van der Waals surface area contributed by atoms with Crippen molar-refractivity contribution in [3.05, 3.63) is 28.3 Å². The first-order valence-electron chi connectivity index (χ1n) is 5.61. The molecule has 0 unspecified atom stereocenters. The quantitative estimate of drug-likeness (QED) is 0.464. The van der Waals surface area contributed by atoms with Crippen molar-refractivity contribution in [2.45, 2.75) is 12.5 Å². The third-order valence-electron chi connectivity index (χ3n) is 2.79. The number of aromatic nitrogens is 2. The Morgan fingerprint density at radius 2 is 2.16 bits per heavy atom. The van der Waals surface area contributed by atoms with Crippen LogP contribution in [0.15, 0.2) is 18.2 Å². The van der Waals surface area contributed by atoms with E-state index in [-0.39, 0.29) is 18.9 Å². The van der Waals surface area contributed by atoms with E-state index in [9.17, 15) is 20.3 Å². The topological polar surface area (TPSA) is 124 Å². The highest BCUT2D eigenvalue weighted by Crippen LogP contribution is 2.21. The number of nitro groups is 1. The Morgan fingerprint density at radius 1 is 1.47 bits per heavy atom. The van der Waals surface area contributed by atoms with Crippen molar-refractivity contribution in [2.24, 2.45) is 0 Å². The molecule has 0 aliphatic carbocycles. The van der Waals surface area contributed by atoms with Gasteiger partial charge >= 0.3 is 0 Å². The predicted octanol–water partition coefficient (Wildman–Crippen LogP) is 0.626. The molecule has 1 aromatic heterocycles. The fourth-order valence-electron chi connectivity index (χ4n) is 1.59. The first-order valence-corrected chi connectivity index (χ1v) is 5.61. The Kier molecular flexibility index (Phi) is 3.36. The number of H-pyrrole nitrogens is 1. The van der Waals surface area contributed by atoms with Crippen molar-refractivity contribution >= 4 is 22.7 Å². The maximum absolute atomic E-state index is 10.7. The maximum atomic E-state index is 10.7. The molecular formula is C11H14N4O4. The third kappa shape index (κ3) is 2.64. The summed E-state index contributed by atoms with van der Waals surface area (Å²) in [6.45, 7) is 1.07. The van der Waals surface area contributed by atoms with Crippen molar-refractivity contribution in [2.75, 3.05) is 18.5 Å². The van der Waals surface area contributed by atoms with Gasteiger partial charge in [-0.05, 0) is 13.0 Å². The van der Waals surface area contributed by atoms with E-state index in [1.807, 2.05) is 0 Å². The summed E-state index contributed by atoms with van der Waals surface area (Å²) in [5.41, 5.74) is 0.121. The first-order chi connectivity index (χ1) is 8.97. The molecule has 0 fully saturated rings. The molecule has 0 saturated heterocycles. The van der Waals surface area contributed by atoms with E-state index < -0.39 is 10.5 Å². The summed E-state index contributed by atoms with van der Waals surface area (Å²) < 4.78 is 0. The number of hydrogen-bond donors (Lipinski definition) is 4. The van der Waals surface area contributed by atoms with Gasteiger partial charge in [-0.25, -0.2) is 4.98 Å². The van der Waals surface area contributed by atoms with E-state index in [2.05, 4.69) is 15.3 Å². The van der Waals surface area contributed by atoms with Crippen LogP contribution in [-0.4, -0.2) is 43.9 Å². The first kappa shape index (κ1) is 13.2. The van der Waals surface area contributed by atoms with Crippen molar-refractivity contribution in [1.82, 2.24) is 9.97 Å². The highest BCUT2D eigenvalue weighted by Gasteiger charge is 2.23. The monoisotopic (exact) mass is 266 g/mol. The Morgan fingerprint density at radius 3 is 2.74 bits per heavy atom. The highest BCUT2D eigenvalue weighted by atomic mass is 16.6. The molecule has 8 nitrogen and oxygen atoms in total. The van der Waals surface area contributed by atoms with E-state index >= 15 is 0 Å². The van der Waals surface area contributed by atoms with E-state index in [1.165, 1.54) is 18.2 Å². The SMILES string of the molecule is CC(CO)(CO)Nc1nc2ccc([N+](=O)[O-])cc2[nH]1. The van der Waals surface area contributed by atoms with Crippen LogP contribution < -0.4 is 5.32 Å². The summed E-state index contributed by atoms with van der Waals surface area (Å²) in [5, 5.41) is 31.9. The molecule has 0 spiro atoms. The molecule has 1 heterocycles. The van der Waals surface area contributed by atoms with E-state index in [1.54, 1.807) is 6.92 Å². The fourth-order valence-corrected chi connectivity index (χ4v) is 1.59. The molecule has 4 N–H and O–H groups in total. The lowest BCUT2D eigenvalue weighted by Crippen LogP contribution is -2.42. The van der Waals surface area contributed by atoms with E-state index in [4.69, 9.17) is 0 Å². The molecule has 0 atom stereocenters. The number of aromatic amines is 1. The number of non-ortho nitro benzene ring substituents is 1. The van der Waals surface area contributed by atoms with Crippen LogP contribution in [0, 0.1) is 10.1 Å². The number of rotatable bonds is 5. The second kappa shape index (κ2) is 4.82. The molecule has 0 saturated carbocycles. The number of benzene rings is 1. The number of nitro benzene ring substituents is 1. The lowest BCUT2D eigenvalue weighted by Gasteiger charge is -2.25. The summed E-state index contributed by atoms with van der Waals surface area (Å²) in [6, 6.07) is 4.28. The fraction of sp³-hybridized carbons (Fsp3) is 0.364. The number of nitrogens with zero attached hydrogens (tertiary/aromatic N) is 2. The minimum atomic E-state index is -0.917. The van der Waals surface area contributed by atoms with Crippen LogP contribution in [0.1, 0.15) is 6.92 Å². The standard InChI is InChI=1S/C11H14N4O4/c1-11(5-16,6-17)14-10-12-8-3-2-7(15(18)19)4-9(8)13-10/h2-4,16-17H,5-6H2,1H3,(H2,12,13,14). The molecule has 2 aromatic rings. The second-order valence-electron chi connectivity index (χ2n) is 4.55. The molecule has 8 heteroatoms. The van der Waals surface area contributed by atoms with Gasteiger partial charge in [-0.3, -0.25) is 10.1 Å². The van der Waals surface area contributed by atoms with Gasteiger partial charge < -0.3 is 20.5 Å². The van der Waals surface area contributed by atoms with Gasteiger partial charge in [0.15, 0.2) is 0 Å². The Balaban J connectivity index is 2.34. The zero-order valence-corrected chi connectivity index (χ0v) is 10.3. The molecule has 19 heavy (non-hydrogen) atoms.